The van der Waals surface area contributed by atoms with Crippen LogP contribution >= 0.6 is 0 Å². The van der Waals surface area contributed by atoms with E-state index in [1.165, 1.54) is 17.2 Å². The predicted molar refractivity (Wildman–Crippen MR) is 77.7 cm³/mol. The number of hydrogen-bond acceptors (Lipinski definition) is 7. The van der Waals surface area contributed by atoms with Crippen molar-refractivity contribution in [1.82, 2.24) is 24.1 Å². The zero-order valence-corrected chi connectivity index (χ0v) is 12.0. The first-order valence-electron chi connectivity index (χ1n) is 7.14. The van der Waals surface area contributed by atoms with Crippen molar-refractivity contribution in [3.8, 4) is 5.82 Å². The van der Waals surface area contributed by atoms with E-state index in [0.717, 1.165) is 0 Å². The molecule has 9 heteroatoms. The Bertz CT molecular complexity index is 818. The molecule has 0 aliphatic carbocycles. The first kappa shape index (κ1) is 14.3. The summed E-state index contributed by atoms with van der Waals surface area (Å²) in [6.07, 6.45) is 2.48. The second kappa shape index (κ2) is 5.39. The third kappa shape index (κ3) is 2.13. The van der Waals surface area contributed by atoms with Gasteiger partial charge in [-0.2, -0.15) is 0 Å². The maximum Gasteiger partial charge on any atom is 0.168 e. The largest absolute Gasteiger partial charge is 0.394 e. The normalized spacial score (nSPS) is 27.8. The van der Waals surface area contributed by atoms with Crippen LogP contribution in [0, 0.1) is 0 Å². The Balaban J connectivity index is 1.80. The van der Waals surface area contributed by atoms with Gasteiger partial charge in [0.05, 0.1) is 12.9 Å². The number of aromatic nitrogens is 5. The number of aliphatic hydroxyl groups excluding tert-OH is 3. The lowest BCUT2D eigenvalue weighted by atomic mass is 10.1. The summed E-state index contributed by atoms with van der Waals surface area (Å²) in [5.74, 6) is 0.602. The van der Waals surface area contributed by atoms with Gasteiger partial charge < -0.3 is 24.6 Å². The van der Waals surface area contributed by atoms with Gasteiger partial charge in [0.15, 0.2) is 23.2 Å². The molecule has 3 aromatic rings. The molecule has 1 aliphatic rings. The van der Waals surface area contributed by atoms with Gasteiger partial charge in [0.1, 0.15) is 24.6 Å². The van der Waals surface area contributed by atoms with E-state index < -0.39 is 24.5 Å². The second-order valence-electron chi connectivity index (χ2n) is 5.34. The second-order valence-corrected chi connectivity index (χ2v) is 5.34. The van der Waals surface area contributed by atoms with Crippen molar-refractivity contribution in [3.63, 3.8) is 0 Å². The van der Waals surface area contributed by atoms with Crippen LogP contribution in [-0.2, 0) is 4.74 Å². The highest BCUT2D eigenvalue weighted by Crippen LogP contribution is 2.31. The molecule has 1 saturated heterocycles. The molecule has 0 bridgehead atoms. The standard InChI is InChI=1S/C14H15N5O4/c20-5-8-10(21)11(22)14(23-8)19-7-17-9-12(15-6-16-13(9)19)18-3-1-2-4-18/h1-4,6-8,10-11,14,20-22H,5H2/t8-,10-,11-,14?/m1/s1. The van der Waals surface area contributed by atoms with E-state index in [-0.39, 0.29) is 6.61 Å². The molecular weight excluding hydrogens is 302 g/mol. The fourth-order valence-electron chi connectivity index (χ4n) is 2.80. The Hall–Kier alpha value is -2.33. The highest BCUT2D eigenvalue weighted by Gasteiger charge is 2.44. The summed E-state index contributed by atoms with van der Waals surface area (Å²) in [5.41, 5.74) is 1.01. The molecule has 1 aliphatic heterocycles. The van der Waals surface area contributed by atoms with Crippen molar-refractivity contribution < 1.29 is 20.1 Å². The van der Waals surface area contributed by atoms with E-state index in [1.807, 2.05) is 24.5 Å². The molecule has 120 valence electrons. The average Bonchev–Trinajstić information content (AvgIpc) is 3.28. The first-order valence-corrected chi connectivity index (χ1v) is 7.14. The van der Waals surface area contributed by atoms with Crippen LogP contribution in [0.25, 0.3) is 17.0 Å². The highest BCUT2D eigenvalue weighted by atomic mass is 16.6. The predicted octanol–water partition coefficient (Wildman–Crippen LogP) is -0.772. The number of aliphatic hydroxyl groups is 3. The minimum atomic E-state index is -1.19. The van der Waals surface area contributed by atoms with Gasteiger partial charge in [-0.3, -0.25) is 4.57 Å². The Labute approximate surface area is 130 Å². The summed E-state index contributed by atoms with van der Waals surface area (Å²) in [6, 6.07) is 3.74. The van der Waals surface area contributed by atoms with Crippen molar-refractivity contribution in [1.29, 1.82) is 0 Å². The van der Waals surface area contributed by atoms with Gasteiger partial charge in [-0.25, -0.2) is 15.0 Å². The number of ether oxygens (including phenoxy) is 1. The van der Waals surface area contributed by atoms with Crippen molar-refractivity contribution in [2.75, 3.05) is 6.61 Å². The van der Waals surface area contributed by atoms with E-state index in [0.29, 0.717) is 17.0 Å². The third-order valence-electron chi connectivity index (χ3n) is 3.98. The monoisotopic (exact) mass is 317 g/mol. The van der Waals surface area contributed by atoms with E-state index in [1.54, 1.807) is 4.57 Å². The van der Waals surface area contributed by atoms with Crippen LogP contribution < -0.4 is 0 Å². The molecule has 0 spiro atoms. The van der Waals surface area contributed by atoms with Crippen LogP contribution in [0.1, 0.15) is 6.23 Å². The Kier molecular flexibility index (Phi) is 3.34. The molecule has 9 nitrogen and oxygen atoms in total. The van der Waals surface area contributed by atoms with Gasteiger partial charge in [0, 0.05) is 12.4 Å². The summed E-state index contributed by atoms with van der Waals surface area (Å²) < 4.78 is 8.86. The molecule has 23 heavy (non-hydrogen) atoms. The van der Waals surface area contributed by atoms with Gasteiger partial charge in [0.25, 0.3) is 0 Å². The summed E-state index contributed by atoms with van der Waals surface area (Å²) in [5, 5.41) is 29.3. The maximum atomic E-state index is 10.2. The SMILES string of the molecule is OC[C@H]1OC(n2cnc3c(-n4cccc4)ncnc32)[C@H](O)[C@@H]1O. The van der Waals surface area contributed by atoms with Crippen molar-refractivity contribution >= 4 is 11.2 Å². The minimum Gasteiger partial charge on any atom is -0.394 e. The van der Waals surface area contributed by atoms with Crippen LogP contribution in [0.15, 0.2) is 37.2 Å². The molecule has 0 aromatic carbocycles. The van der Waals surface area contributed by atoms with E-state index in [9.17, 15) is 15.3 Å². The zero-order valence-electron chi connectivity index (χ0n) is 12.0. The number of rotatable bonds is 3. The van der Waals surface area contributed by atoms with Gasteiger partial charge in [-0.15, -0.1) is 0 Å². The zero-order chi connectivity index (χ0) is 16.0. The molecule has 1 fully saturated rings. The Morgan fingerprint density at radius 2 is 1.87 bits per heavy atom. The fourth-order valence-corrected chi connectivity index (χ4v) is 2.80. The summed E-state index contributed by atoms with van der Waals surface area (Å²) in [4.78, 5) is 12.8. The molecule has 4 atom stereocenters. The summed E-state index contributed by atoms with van der Waals surface area (Å²) >= 11 is 0. The van der Waals surface area contributed by atoms with Crippen molar-refractivity contribution in [2.45, 2.75) is 24.5 Å². The van der Waals surface area contributed by atoms with Crippen LogP contribution in [-0.4, -0.2) is 64.3 Å². The third-order valence-corrected chi connectivity index (χ3v) is 3.98. The van der Waals surface area contributed by atoms with Crippen LogP contribution in [0.3, 0.4) is 0 Å². The van der Waals surface area contributed by atoms with Gasteiger partial charge >= 0.3 is 0 Å². The lowest BCUT2D eigenvalue weighted by Gasteiger charge is -2.16. The topological polar surface area (TPSA) is 118 Å². The van der Waals surface area contributed by atoms with Crippen molar-refractivity contribution in [2.24, 2.45) is 0 Å². The van der Waals surface area contributed by atoms with Crippen molar-refractivity contribution in [3.05, 3.63) is 37.2 Å². The molecule has 4 heterocycles. The van der Waals surface area contributed by atoms with E-state index in [4.69, 9.17) is 4.74 Å². The van der Waals surface area contributed by atoms with Gasteiger partial charge in [0.2, 0.25) is 0 Å². The lowest BCUT2D eigenvalue weighted by Crippen LogP contribution is -2.33. The Morgan fingerprint density at radius 3 is 2.57 bits per heavy atom. The average molecular weight is 317 g/mol. The molecule has 4 rings (SSSR count). The molecular formula is C14H15N5O4. The molecule has 1 unspecified atom stereocenters. The number of hydrogen-bond donors (Lipinski definition) is 3. The molecule has 3 N–H and O–H groups in total. The molecule has 0 saturated carbocycles. The van der Waals surface area contributed by atoms with Gasteiger partial charge in [-0.1, -0.05) is 0 Å². The lowest BCUT2D eigenvalue weighted by molar-refractivity contribution is -0.0511. The smallest absolute Gasteiger partial charge is 0.168 e. The quantitative estimate of drug-likeness (QED) is 0.580. The summed E-state index contributed by atoms with van der Waals surface area (Å²) in [7, 11) is 0. The molecule has 0 radical (unpaired) electrons. The number of imidazole rings is 1. The van der Waals surface area contributed by atoms with Crippen LogP contribution in [0.5, 0.6) is 0 Å². The maximum absolute atomic E-state index is 10.2. The summed E-state index contributed by atoms with van der Waals surface area (Å²) in [6.45, 7) is -0.384. The fraction of sp³-hybridized carbons (Fsp3) is 0.357. The van der Waals surface area contributed by atoms with Crippen LogP contribution in [0.4, 0.5) is 0 Å². The van der Waals surface area contributed by atoms with Gasteiger partial charge in [-0.05, 0) is 12.1 Å². The number of fused-ring (bicyclic) bond motifs is 1. The Morgan fingerprint density at radius 1 is 1.09 bits per heavy atom. The highest BCUT2D eigenvalue weighted by molar-refractivity contribution is 5.78. The number of nitrogens with zero attached hydrogens (tertiary/aromatic N) is 5. The molecule has 0 amide bonds. The minimum absolute atomic E-state index is 0.384. The van der Waals surface area contributed by atoms with E-state index in [2.05, 4.69) is 15.0 Å². The van der Waals surface area contributed by atoms with Crippen LogP contribution in [0.2, 0.25) is 0 Å². The van der Waals surface area contributed by atoms with E-state index >= 15 is 0 Å². The molecule has 3 aromatic heterocycles. The first-order chi connectivity index (χ1) is 11.2.